The van der Waals surface area contributed by atoms with Gasteiger partial charge in [-0.15, -0.1) is 0 Å². The molecule has 0 spiro atoms. The molecular formula is C32H33N5O4. The van der Waals surface area contributed by atoms with Gasteiger partial charge in [-0.2, -0.15) is 0 Å². The Morgan fingerprint density at radius 2 is 1.66 bits per heavy atom. The van der Waals surface area contributed by atoms with Crippen molar-refractivity contribution in [1.29, 1.82) is 5.41 Å². The van der Waals surface area contributed by atoms with E-state index in [0.717, 1.165) is 34.1 Å². The number of nitrogens with zero attached hydrogens (tertiary/aromatic N) is 1. The van der Waals surface area contributed by atoms with Gasteiger partial charge < -0.3 is 19.9 Å². The van der Waals surface area contributed by atoms with Crippen LogP contribution in [0.3, 0.4) is 0 Å². The maximum Gasteiger partial charge on any atom is 0.413 e. The third kappa shape index (κ3) is 8.74. The number of alkyl carbamates (subject to hydrolysis) is 1. The molecule has 0 fully saturated rings. The lowest BCUT2D eigenvalue weighted by Gasteiger charge is -2.29. The first-order valence-electron chi connectivity index (χ1n) is 13.2. The van der Waals surface area contributed by atoms with Crippen molar-refractivity contribution in [3.63, 3.8) is 0 Å². The molecule has 0 saturated heterocycles. The number of benzene rings is 3. The number of carbonyl (C=O) groups excluding carboxylic acids is 3. The number of hydrazine groups is 1. The summed E-state index contributed by atoms with van der Waals surface area (Å²) in [6.07, 6.45) is 4.18. The van der Waals surface area contributed by atoms with Gasteiger partial charge in [0.15, 0.2) is 0 Å². The van der Waals surface area contributed by atoms with Crippen molar-refractivity contribution < 1.29 is 19.1 Å². The van der Waals surface area contributed by atoms with Crippen LogP contribution in [0, 0.1) is 5.41 Å². The summed E-state index contributed by atoms with van der Waals surface area (Å²) in [6.45, 7) is 2.88. The molecule has 1 aliphatic heterocycles. The van der Waals surface area contributed by atoms with Gasteiger partial charge in [0.25, 0.3) is 0 Å². The third-order valence-electron chi connectivity index (χ3n) is 6.57. The van der Waals surface area contributed by atoms with Crippen LogP contribution in [-0.2, 0) is 27.5 Å². The smallest absolute Gasteiger partial charge is 0.413 e. The number of allylic oxidation sites excluding steroid dienone is 2. The third-order valence-corrected chi connectivity index (χ3v) is 6.57. The number of ether oxygens (including phenoxy) is 1. The molecule has 0 radical (unpaired) electrons. The van der Waals surface area contributed by atoms with Crippen molar-refractivity contribution in [2.24, 2.45) is 0 Å². The molecule has 9 nitrogen and oxygen atoms in total. The first-order chi connectivity index (χ1) is 19.9. The Kier molecular flexibility index (Phi) is 10.2. The molecule has 1 unspecified atom stereocenters. The number of nitrogens with one attached hydrogen (secondary N) is 4. The van der Waals surface area contributed by atoms with Crippen LogP contribution < -0.4 is 16.1 Å². The number of carbonyl (C=O) groups is 3. The van der Waals surface area contributed by atoms with E-state index in [1.165, 1.54) is 0 Å². The second-order valence-corrected chi connectivity index (χ2v) is 9.60. The molecule has 4 rings (SSSR count). The van der Waals surface area contributed by atoms with E-state index in [1.807, 2.05) is 84.9 Å². The summed E-state index contributed by atoms with van der Waals surface area (Å²) in [5, 5.41) is 15.3. The van der Waals surface area contributed by atoms with Crippen LogP contribution >= 0.6 is 0 Å². The zero-order chi connectivity index (χ0) is 29.0. The summed E-state index contributed by atoms with van der Waals surface area (Å²) in [5.74, 6) is -0.196. The number of amides is 2. The lowest BCUT2D eigenvalue weighted by Crippen LogP contribution is -2.40. The first kappa shape index (κ1) is 29.0. The zero-order valence-corrected chi connectivity index (χ0v) is 22.8. The maximum absolute atomic E-state index is 12.7. The monoisotopic (exact) mass is 551 g/mol. The number of hydrogen-bond donors (Lipinski definition) is 4. The normalized spacial score (nSPS) is 13.3. The number of rotatable bonds is 11. The van der Waals surface area contributed by atoms with E-state index in [2.05, 4.69) is 16.1 Å². The highest BCUT2D eigenvalue weighted by Crippen LogP contribution is 2.19. The van der Waals surface area contributed by atoms with Crippen LogP contribution in [0.15, 0.2) is 108 Å². The predicted octanol–water partition coefficient (Wildman–Crippen LogP) is 4.54. The molecule has 210 valence electrons. The Balaban J connectivity index is 1.22. The molecule has 1 aliphatic rings. The van der Waals surface area contributed by atoms with Crippen LogP contribution in [0.5, 0.6) is 0 Å². The van der Waals surface area contributed by atoms with E-state index in [0.29, 0.717) is 18.7 Å². The molecule has 1 atom stereocenters. The van der Waals surface area contributed by atoms with Gasteiger partial charge in [0.05, 0.1) is 6.54 Å². The van der Waals surface area contributed by atoms with E-state index in [1.54, 1.807) is 24.3 Å². The predicted molar refractivity (Wildman–Crippen MR) is 156 cm³/mol. The van der Waals surface area contributed by atoms with Crippen molar-refractivity contribution in [3.8, 4) is 0 Å². The molecule has 41 heavy (non-hydrogen) atoms. The van der Waals surface area contributed by atoms with Crippen molar-refractivity contribution in [2.75, 3.05) is 6.54 Å². The van der Waals surface area contributed by atoms with E-state index < -0.39 is 12.1 Å². The molecule has 3 aromatic carbocycles. The van der Waals surface area contributed by atoms with Gasteiger partial charge in [-0.1, -0.05) is 84.9 Å². The Morgan fingerprint density at radius 1 is 0.976 bits per heavy atom. The summed E-state index contributed by atoms with van der Waals surface area (Å²) in [4.78, 5) is 36.4. The van der Waals surface area contributed by atoms with Gasteiger partial charge in [-0.05, 0) is 40.8 Å². The Morgan fingerprint density at radius 3 is 2.34 bits per heavy atom. The fourth-order valence-corrected chi connectivity index (χ4v) is 4.19. The average Bonchev–Trinajstić information content (AvgIpc) is 3.00. The zero-order valence-electron chi connectivity index (χ0n) is 22.8. The van der Waals surface area contributed by atoms with Gasteiger partial charge in [-0.3, -0.25) is 15.5 Å². The summed E-state index contributed by atoms with van der Waals surface area (Å²) in [7, 11) is 0. The largest absolute Gasteiger partial charge is 0.444 e. The van der Waals surface area contributed by atoms with Crippen molar-refractivity contribution in [1.82, 2.24) is 21.1 Å². The second-order valence-electron chi connectivity index (χ2n) is 9.60. The SMILES string of the molecule is CC1=C(CC(=O)NCc2ccc(C(=N)NC(=O)OCc3ccccc3)cc2)CN(NC(C=O)c2ccccc2)C=C1. The van der Waals surface area contributed by atoms with E-state index in [9.17, 15) is 14.4 Å². The Labute approximate surface area is 239 Å². The van der Waals surface area contributed by atoms with Gasteiger partial charge in [0.1, 0.15) is 24.8 Å². The maximum atomic E-state index is 12.7. The van der Waals surface area contributed by atoms with Crippen LogP contribution in [0.1, 0.15) is 41.6 Å². The molecule has 0 aliphatic carbocycles. The minimum absolute atomic E-state index is 0.0753. The van der Waals surface area contributed by atoms with E-state index in [4.69, 9.17) is 10.1 Å². The summed E-state index contributed by atoms with van der Waals surface area (Å²) in [5.41, 5.74) is 8.26. The average molecular weight is 552 g/mol. The number of aldehydes is 1. The Hall–Kier alpha value is -5.02. The molecule has 1 heterocycles. The first-order valence-corrected chi connectivity index (χ1v) is 13.2. The minimum Gasteiger partial charge on any atom is -0.444 e. The van der Waals surface area contributed by atoms with Gasteiger partial charge in [0.2, 0.25) is 5.91 Å². The van der Waals surface area contributed by atoms with Crippen LogP contribution in [0.25, 0.3) is 0 Å². The van der Waals surface area contributed by atoms with Gasteiger partial charge in [-0.25, -0.2) is 10.2 Å². The molecular weight excluding hydrogens is 518 g/mol. The quantitative estimate of drug-likeness (QED) is 0.158. The van der Waals surface area contributed by atoms with E-state index in [-0.39, 0.29) is 24.8 Å². The fourth-order valence-electron chi connectivity index (χ4n) is 4.19. The summed E-state index contributed by atoms with van der Waals surface area (Å²) < 4.78 is 5.16. The standard InChI is InChI=1S/C32H33N5O4/c1-23-16-17-37(36-29(21-38)26-10-6-3-7-11-26)20-28(23)18-30(39)34-19-24-12-14-27(15-13-24)31(33)35-32(40)41-22-25-8-4-2-5-9-25/h2-17,21,29,36H,18-20,22H2,1H3,(H,34,39)(H2,33,35,40). The molecule has 2 amide bonds. The second kappa shape index (κ2) is 14.4. The van der Waals surface area contributed by atoms with Gasteiger partial charge in [0, 0.05) is 24.7 Å². The molecule has 4 N–H and O–H groups in total. The van der Waals surface area contributed by atoms with Crippen molar-refractivity contribution in [3.05, 3.63) is 131 Å². The Bertz CT molecular complexity index is 1420. The van der Waals surface area contributed by atoms with E-state index >= 15 is 0 Å². The topological polar surface area (TPSA) is 124 Å². The van der Waals surface area contributed by atoms with Gasteiger partial charge >= 0.3 is 6.09 Å². The summed E-state index contributed by atoms with van der Waals surface area (Å²) >= 11 is 0. The van der Waals surface area contributed by atoms with Crippen LogP contribution in [0.4, 0.5) is 4.79 Å². The summed E-state index contributed by atoms with van der Waals surface area (Å²) in [6, 6.07) is 25.3. The molecule has 0 saturated carbocycles. The molecule has 0 bridgehead atoms. The van der Waals surface area contributed by atoms with Crippen LogP contribution in [-0.4, -0.2) is 35.7 Å². The minimum atomic E-state index is -0.701. The van der Waals surface area contributed by atoms with Crippen LogP contribution in [0.2, 0.25) is 0 Å². The highest BCUT2D eigenvalue weighted by Gasteiger charge is 2.18. The molecule has 3 aromatic rings. The lowest BCUT2D eigenvalue weighted by molar-refractivity contribution is -0.120. The highest BCUT2D eigenvalue weighted by molar-refractivity contribution is 6.04. The van der Waals surface area contributed by atoms with Crippen molar-refractivity contribution in [2.45, 2.75) is 32.5 Å². The molecule has 9 heteroatoms. The van der Waals surface area contributed by atoms with Crippen molar-refractivity contribution >= 4 is 24.1 Å². The number of hydrogen-bond acceptors (Lipinski definition) is 7. The fraction of sp³-hybridized carbons (Fsp3) is 0.188. The lowest BCUT2D eigenvalue weighted by atomic mass is 10.0. The number of amidine groups is 1. The highest BCUT2D eigenvalue weighted by atomic mass is 16.5. The molecule has 0 aromatic heterocycles.